The Balaban J connectivity index is 2.17. The summed E-state index contributed by atoms with van der Waals surface area (Å²) in [6.45, 7) is 1.75. The fourth-order valence-corrected chi connectivity index (χ4v) is 3.09. The number of furan rings is 1. The summed E-state index contributed by atoms with van der Waals surface area (Å²) >= 11 is 1.53. The van der Waals surface area contributed by atoms with Crippen molar-refractivity contribution in [3.05, 3.63) is 23.7 Å². The number of aryl methyl sites for hydroxylation is 1. The predicted octanol–water partition coefficient (Wildman–Crippen LogP) is 1.28. The molecule has 1 atom stereocenters. The Labute approximate surface area is 103 Å². The van der Waals surface area contributed by atoms with Crippen LogP contribution in [0.15, 0.2) is 16.7 Å². The van der Waals surface area contributed by atoms with E-state index in [1.54, 1.807) is 13.0 Å². The van der Waals surface area contributed by atoms with E-state index >= 15 is 0 Å². The lowest BCUT2D eigenvalue weighted by Crippen LogP contribution is -2.54. The molecule has 1 aliphatic rings. The molecule has 1 saturated heterocycles. The average Bonchev–Trinajstić information content (AvgIpc) is 2.87. The number of carbonyl (C=O) groups is 2. The second-order valence-corrected chi connectivity index (χ2v) is 5.18. The zero-order valence-corrected chi connectivity index (χ0v) is 10.2. The molecule has 1 aromatic rings. The van der Waals surface area contributed by atoms with E-state index in [1.165, 1.54) is 18.0 Å². The van der Waals surface area contributed by atoms with Crippen molar-refractivity contribution >= 4 is 23.6 Å². The van der Waals surface area contributed by atoms with E-state index < -0.39 is 17.4 Å². The summed E-state index contributed by atoms with van der Waals surface area (Å²) in [4.78, 5) is 23.2. The summed E-state index contributed by atoms with van der Waals surface area (Å²) in [5.41, 5.74) is -0.449. The first-order valence-corrected chi connectivity index (χ1v) is 6.38. The SMILES string of the molecule is Cc1ccoc1C(=O)N[C@]1(C(=O)O)CCSC1. The van der Waals surface area contributed by atoms with Crippen molar-refractivity contribution in [1.29, 1.82) is 0 Å². The standard InChI is InChI=1S/C11H13NO4S/c1-7-2-4-16-8(7)9(13)12-11(10(14)15)3-5-17-6-11/h2,4H,3,5-6H2,1H3,(H,12,13)(H,14,15)/t11-/m1/s1. The Morgan fingerprint density at radius 1 is 1.59 bits per heavy atom. The van der Waals surface area contributed by atoms with Crippen molar-refractivity contribution in [2.24, 2.45) is 0 Å². The second-order valence-electron chi connectivity index (χ2n) is 4.08. The fraction of sp³-hybridized carbons (Fsp3) is 0.455. The quantitative estimate of drug-likeness (QED) is 0.850. The topological polar surface area (TPSA) is 79.5 Å². The maximum Gasteiger partial charge on any atom is 0.330 e. The van der Waals surface area contributed by atoms with Gasteiger partial charge in [0.1, 0.15) is 5.54 Å². The molecule has 5 nitrogen and oxygen atoms in total. The van der Waals surface area contributed by atoms with Crippen LogP contribution in [-0.2, 0) is 4.79 Å². The largest absolute Gasteiger partial charge is 0.479 e. The molecule has 0 saturated carbocycles. The van der Waals surface area contributed by atoms with Crippen LogP contribution in [0.25, 0.3) is 0 Å². The van der Waals surface area contributed by atoms with E-state index in [9.17, 15) is 14.7 Å². The number of rotatable bonds is 3. The average molecular weight is 255 g/mol. The summed E-state index contributed by atoms with van der Waals surface area (Å²) in [6, 6.07) is 1.67. The number of carbonyl (C=O) groups excluding carboxylic acids is 1. The molecular formula is C11H13NO4S. The van der Waals surface area contributed by atoms with E-state index in [4.69, 9.17) is 4.42 Å². The van der Waals surface area contributed by atoms with Crippen LogP contribution in [0.2, 0.25) is 0 Å². The number of hydrogen-bond donors (Lipinski definition) is 2. The van der Waals surface area contributed by atoms with Crippen LogP contribution in [0.4, 0.5) is 0 Å². The highest BCUT2D eigenvalue weighted by Crippen LogP contribution is 2.28. The lowest BCUT2D eigenvalue weighted by atomic mass is 9.99. The Morgan fingerprint density at radius 3 is 2.82 bits per heavy atom. The Kier molecular flexibility index (Phi) is 3.15. The van der Waals surface area contributed by atoms with Crippen molar-refractivity contribution in [3.63, 3.8) is 0 Å². The molecule has 1 fully saturated rings. The van der Waals surface area contributed by atoms with Gasteiger partial charge in [0.15, 0.2) is 5.76 Å². The van der Waals surface area contributed by atoms with E-state index in [0.717, 1.165) is 5.75 Å². The molecule has 2 heterocycles. The molecule has 2 rings (SSSR count). The molecule has 0 unspecified atom stereocenters. The monoisotopic (exact) mass is 255 g/mol. The van der Waals surface area contributed by atoms with Gasteiger partial charge in [0.2, 0.25) is 0 Å². The minimum Gasteiger partial charge on any atom is -0.479 e. The van der Waals surface area contributed by atoms with Gasteiger partial charge < -0.3 is 14.8 Å². The first-order valence-electron chi connectivity index (χ1n) is 5.23. The maximum atomic E-state index is 11.9. The number of amides is 1. The summed E-state index contributed by atoms with van der Waals surface area (Å²) in [5.74, 6) is -0.127. The number of aliphatic carboxylic acids is 1. The van der Waals surface area contributed by atoms with Gasteiger partial charge in [0, 0.05) is 11.3 Å². The summed E-state index contributed by atoms with van der Waals surface area (Å²) in [5, 5.41) is 11.8. The van der Waals surface area contributed by atoms with Gasteiger partial charge in [0.05, 0.1) is 6.26 Å². The fourth-order valence-electron chi connectivity index (χ4n) is 1.77. The van der Waals surface area contributed by atoms with Crippen molar-refractivity contribution in [2.75, 3.05) is 11.5 Å². The summed E-state index contributed by atoms with van der Waals surface area (Å²) < 4.78 is 5.05. The van der Waals surface area contributed by atoms with E-state index in [2.05, 4.69) is 5.32 Å². The second kappa shape index (κ2) is 4.44. The molecule has 1 aromatic heterocycles. The molecule has 2 N–H and O–H groups in total. The van der Waals surface area contributed by atoms with Gasteiger partial charge in [-0.3, -0.25) is 4.79 Å². The van der Waals surface area contributed by atoms with Crippen LogP contribution in [0, 0.1) is 6.92 Å². The lowest BCUT2D eigenvalue weighted by molar-refractivity contribution is -0.143. The molecular weight excluding hydrogens is 242 g/mol. The lowest BCUT2D eigenvalue weighted by Gasteiger charge is -2.23. The molecule has 1 amide bonds. The summed E-state index contributed by atoms with van der Waals surface area (Å²) in [7, 11) is 0. The Bertz CT molecular complexity index is 448. The van der Waals surface area contributed by atoms with Gasteiger partial charge in [-0.05, 0) is 25.2 Å². The smallest absolute Gasteiger partial charge is 0.330 e. The van der Waals surface area contributed by atoms with E-state index in [-0.39, 0.29) is 5.76 Å². The van der Waals surface area contributed by atoms with Gasteiger partial charge >= 0.3 is 5.97 Å². The number of thioether (sulfide) groups is 1. The van der Waals surface area contributed by atoms with Gasteiger partial charge in [-0.25, -0.2) is 4.79 Å². The first kappa shape index (κ1) is 12.0. The molecule has 0 radical (unpaired) electrons. The third-order valence-corrected chi connectivity index (χ3v) is 4.04. The van der Waals surface area contributed by atoms with Crippen molar-refractivity contribution < 1.29 is 19.1 Å². The van der Waals surface area contributed by atoms with Crippen LogP contribution in [0.5, 0.6) is 0 Å². The van der Waals surface area contributed by atoms with Crippen LogP contribution in [0.3, 0.4) is 0 Å². The third kappa shape index (κ3) is 2.17. The molecule has 0 aromatic carbocycles. The number of carboxylic acid groups (broad SMARTS) is 1. The van der Waals surface area contributed by atoms with Gasteiger partial charge in [-0.1, -0.05) is 0 Å². The van der Waals surface area contributed by atoms with E-state index in [1.807, 2.05) is 0 Å². The maximum absolute atomic E-state index is 11.9. The van der Waals surface area contributed by atoms with Crippen LogP contribution in [0.1, 0.15) is 22.5 Å². The number of carboxylic acids is 1. The molecule has 6 heteroatoms. The number of hydrogen-bond acceptors (Lipinski definition) is 4. The highest BCUT2D eigenvalue weighted by Gasteiger charge is 2.43. The predicted molar refractivity (Wildman–Crippen MR) is 63.2 cm³/mol. The van der Waals surface area contributed by atoms with Crippen LogP contribution >= 0.6 is 11.8 Å². The first-order chi connectivity index (χ1) is 8.05. The molecule has 92 valence electrons. The molecule has 0 bridgehead atoms. The molecule has 0 spiro atoms. The van der Waals surface area contributed by atoms with Gasteiger partial charge in [-0.15, -0.1) is 0 Å². The van der Waals surface area contributed by atoms with Gasteiger partial charge in [-0.2, -0.15) is 11.8 Å². The third-order valence-electron chi connectivity index (χ3n) is 2.85. The minimum absolute atomic E-state index is 0.183. The van der Waals surface area contributed by atoms with Gasteiger partial charge in [0.25, 0.3) is 5.91 Å². The molecule has 0 aliphatic carbocycles. The zero-order chi connectivity index (χ0) is 12.5. The van der Waals surface area contributed by atoms with Crippen molar-refractivity contribution in [3.8, 4) is 0 Å². The van der Waals surface area contributed by atoms with E-state index in [0.29, 0.717) is 17.7 Å². The normalized spacial score (nSPS) is 23.6. The Morgan fingerprint density at radius 2 is 2.35 bits per heavy atom. The highest BCUT2D eigenvalue weighted by molar-refractivity contribution is 7.99. The summed E-state index contributed by atoms with van der Waals surface area (Å²) in [6.07, 6.45) is 1.86. The Hall–Kier alpha value is -1.43. The minimum atomic E-state index is -1.15. The molecule has 17 heavy (non-hydrogen) atoms. The van der Waals surface area contributed by atoms with Crippen molar-refractivity contribution in [1.82, 2.24) is 5.32 Å². The highest BCUT2D eigenvalue weighted by atomic mass is 32.2. The van der Waals surface area contributed by atoms with Crippen molar-refractivity contribution in [2.45, 2.75) is 18.9 Å². The van der Waals surface area contributed by atoms with Crippen LogP contribution < -0.4 is 5.32 Å². The zero-order valence-electron chi connectivity index (χ0n) is 9.36. The van der Waals surface area contributed by atoms with Crippen LogP contribution in [-0.4, -0.2) is 34.0 Å². The molecule has 1 aliphatic heterocycles. The number of nitrogens with one attached hydrogen (secondary N) is 1.